The zero-order chi connectivity index (χ0) is 15.7. The minimum absolute atomic E-state index is 0.230. The molecule has 3 rings (SSSR count). The van der Waals surface area contributed by atoms with Crippen molar-refractivity contribution in [3.63, 3.8) is 0 Å². The number of hydrogen-bond donors (Lipinski definition) is 2. The summed E-state index contributed by atoms with van der Waals surface area (Å²) >= 11 is 1.36. The van der Waals surface area contributed by atoms with Gasteiger partial charge in [0.25, 0.3) is 5.56 Å². The predicted molar refractivity (Wildman–Crippen MR) is 80.9 cm³/mol. The second kappa shape index (κ2) is 5.53. The van der Waals surface area contributed by atoms with Gasteiger partial charge in [0.05, 0.1) is 11.7 Å². The Balaban J connectivity index is 1.80. The molecule has 0 aromatic carbocycles. The van der Waals surface area contributed by atoms with E-state index in [4.69, 9.17) is 0 Å². The summed E-state index contributed by atoms with van der Waals surface area (Å²) in [6, 6.07) is 1.67. The van der Waals surface area contributed by atoms with E-state index in [0.29, 0.717) is 23.1 Å². The summed E-state index contributed by atoms with van der Waals surface area (Å²) in [5, 5.41) is 14.2. The Bertz CT molecular complexity index is 789. The number of carboxylic acid groups (broad SMARTS) is 1. The standard InChI is InChI=1S/C14H15N3O4S/c18-10(16-14(13(20)21)4-1-2-5-14)7-17-8-15-11-9(12(17)19)3-6-22-11/h3,6,8H,1-2,4-5,7H2,(H,16,18)(H,20,21). The Morgan fingerprint density at radius 1 is 1.41 bits per heavy atom. The topological polar surface area (TPSA) is 101 Å². The van der Waals surface area contributed by atoms with E-state index in [2.05, 4.69) is 10.3 Å². The molecule has 0 unspecified atom stereocenters. The average molecular weight is 321 g/mol. The Morgan fingerprint density at radius 2 is 2.14 bits per heavy atom. The van der Waals surface area contributed by atoms with Gasteiger partial charge in [-0.15, -0.1) is 11.3 Å². The van der Waals surface area contributed by atoms with E-state index in [1.807, 2.05) is 0 Å². The molecular formula is C14H15N3O4S. The van der Waals surface area contributed by atoms with E-state index in [1.54, 1.807) is 11.4 Å². The number of aromatic nitrogens is 2. The van der Waals surface area contributed by atoms with Crippen LogP contribution in [0.15, 0.2) is 22.6 Å². The molecule has 8 heteroatoms. The van der Waals surface area contributed by atoms with Gasteiger partial charge in [0.1, 0.15) is 16.9 Å². The first-order valence-electron chi connectivity index (χ1n) is 6.99. The SMILES string of the molecule is O=C(Cn1cnc2sccc2c1=O)NC1(C(=O)O)CCCC1. The van der Waals surface area contributed by atoms with Crippen LogP contribution in [0.5, 0.6) is 0 Å². The molecule has 1 saturated carbocycles. The van der Waals surface area contributed by atoms with E-state index in [-0.39, 0.29) is 12.1 Å². The maximum Gasteiger partial charge on any atom is 0.329 e. The van der Waals surface area contributed by atoms with Gasteiger partial charge < -0.3 is 10.4 Å². The molecule has 0 radical (unpaired) electrons. The summed E-state index contributed by atoms with van der Waals surface area (Å²) in [4.78, 5) is 40.5. The van der Waals surface area contributed by atoms with Gasteiger partial charge in [-0.05, 0) is 24.3 Å². The maximum absolute atomic E-state index is 12.2. The van der Waals surface area contributed by atoms with Crippen LogP contribution < -0.4 is 10.9 Å². The molecular weight excluding hydrogens is 306 g/mol. The number of amides is 1. The van der Waals surface area contributed by atoms with Gasteiger partial charge in [0.2, 0.25) is 5.91 Å². The second-order valence-electron chi connectivity index (χ2n) is 5.46. The molecule has 0 atom stereocenters. The maximum atomic E-state index is 12.2. The first kappa shape index (κ1) is 14.7. The highest BCUT2D eigenvalue weighted by Gasteiger charge is 2.42. The van der Waals surface area contributed by atoms with Crippen molar-refractivity contribution in [3.8, 4) is 0 Å². The lowest BCUT2D eigenvalue weighted by atomic mass is 9.98. The van der Waals surface area contributed by atoms with Gasteiger partial charge in [0, 0.05) is 0 Å². The summed E-state index contributed by atoms with van der Waals surface area (Å²) in [7, 11) is 0. The van der Waals surface area contributed by atoms with Crippen LogP contribution >= 0.6 is 11.3 Å². The van der Waals surface area contributed by atoms with Crippen molar-refractivity contribution < 1.29 is 14.7 Å². The highest BCUT2D eigenvalue weighted by Crippen LogP contribution is 2.29. The van der Waals surface area contributed by atoms with Crippen molar-refractivity contribution in [2.75, 3.05) is 0 Å². The molecule has 0 saturated heterocycles. The van der Waals surface area contributed by atoms with E-state index < -0.39 is 17.4 Å². The van der Waals surface area contributed by atoms with E-state index in [1.165, 1.54) is 22.2 Å². The van der Waals surface area contributed by atoms with Gasteiger partial charge in [-0.2, -0.15) is 0 Å². The first-order valence-corrected chi connectivity index (χ1v) is 7.87. The molecule has 116 valence electrons. The molecule has 1 aliphatic carbocycles. The average Bonchev–Trinajstić information content (AvgIpc) is 3.11. The number of thiophene rings is 1. The fourth-order valence-electron chi connectivity index (χ4n) is 2.84. The third-order valence-corrected chi connectivity index (χ3v) is 4.83. The Labute approximate surface area is 129 Å². The zero-order valence-corrected chi connectivity index (χ0v) is 12.6. The molecule has 2 N–H and O–H groups in total. The van der Waals surface area contributed by atoms with Crippen LogP contribution in [0.3, 0.4) is 0 Å². The lowest BCUT2D eigenvalue weighted by Crippen LogP contribution is -2.53. The van der Waals surface area contributed by atoms with Crippen molar-refractivity contribution in [1.82, 2.24) is 14.9 Å². The van der Waals surface area contributed by atoms with Gasteiger partial charge in [-0.3, -0.25) is 14.2 Å². The van der Waals surface area contributed by atoms with Crippen LogP contribution in [-0.2, 0) is 16.1 Å². The molecule has 2 heterocycles. The molecule has 2 aromatic rings. The molecule has 22 heavy (non-hydrogen) atoms. The largest absolute Gasteiger partial charge is 0.480 e. The highest BCUT2D eigenvalue weighted by atomic mass is 32.1. The molecule has 1 fully saturated rings. The third-order valence-electron chi connectivity index (χ3n) is 4.01. The summed E-state index contributed by atoms with van der Waals surface area (Å²) in [6.07, 6.45) is 3.71. The molecule has 0 spiro atoms. The number of carbonyl (C=O) groups excluding carboxylic acids is 1. The highest BCUT2D eigenvalue weighted by molar-refractivity contribution is 7.16. The number of nitrogens with one attached hydrogen (secondary N) is 1. The van der Waals surface area contributed by atoms with Gasteiger partial charge in [-0.25, -0.2) is 9.78 Å². The van der Waals surface area contributed by atoms with Crippen molar-refractivity contribution in [3.05, 3.63) is 28.1 Å². The van der Waals surface area contributed by atoms with E-state index in [9.17, 15) is 19.5 Å². The van der Waals surface area contributed by atoms with Crippen molar-refractivity contribution in [2.24, 2.45) is 0 Å². The van der Waals surface area contributed by atoms with Crippen molar-refractivity contribution >= 4 is 33.4 Å². The molecule has 2 aromatic heterocycles. The van der Waals surface area contributed by atoms with Crippen molar-refractivity contribution in [1.29, 1.82) is 0 Å². The number of carboxylic acids is 1. The summed E-state index contributed by atoms with van der Waals surface area (Å²) < 4.78 is 1.20. The first-order chi connectivity index (χ1) is 10.5. The lowest BCUT2D eigenvalue weighted by molar-refractivity contribution is -0.147. The lowest BCUT2D eigenvalue weighted by Gasteiger charge is -2.25. The fraction of sp³-hybridized carbons (Fsp3) is 0.429. The minimum atomic E-state index is -1.19. The van der Waals surface area contributed by atoms with Crippen LogP contribution in [0.4, 0.5) is 0 Å². The number of rotatable bonds is 4. The van der Waals surface area contributed by atoms with Crippen LogP contribution in [0.1, 0.15) is 25.7 Å². The molecule has 7 nitrogen and oxygen atoms in total. The Hall–Kier alpha value is -2.22. The molecule has 0 bridgehead atoms. The predicted octanol–water partition coefficient (Wildman–Crippen LogP) is 0.972. The number of nitrogens with zero attached hydrogens (tertiary/aromatic N) is 2. The number of aliphatic carboxylic acids is 1. The van der Waals surface area contributed by atoms with E-state index >= 15 is 0 Å². The number of fused-ring (bicyclic) bond motifs is 1. The van der Waals surface area contributed by atoms with Crippen LogP contribution in [-0.4, -0.2) is 32.1 Å². The Morgan fingerprint density at radius 3 is 2.82 bits per heavy atom. The van der Waals surface area contributed by atoms with Gasteiger partial charge in [0.15, 0.2) is 0 Å². The minimum Gasteiger partial charge on any atom is -0.480 e. The number of carbonyl (C=O) groups is 2. The van der Waals surface area contributed by atoms with Crippen LogP contribution in [0, 0.1) is 0 Å². The second-order valence-corrected chi connectivity index (χ2v) is 6.35. The van der Waals surface area contributed by atoms with Crippen molar-refractivity contribution in [2.45, 2.75) is 37.8 Å². The smallest absolute Gasteiger partial charge is 0.329 e. The number of hydrogen-bond acceptors (Lipinski definition) is 5. The van der Waals surface area contributed by atoms with Crippen LogP contribution in [0.25, 0.3) is 10.2 Å². The van der Waals surface area contributed by atoms with Crippen LogP contribution in [0.2, 0.25) is 0 Å². The zero-order valence-electron chi connectivity index (χ0n) is 11.7. The molecule has 1 aliphatic rings. The molecule has 1 amide bonds. The normalized spacial score (nSPS) is 16.7. The van der Waals surface area contributed by atoms with Gasteiger partial charge in [-0.1, -0.05) is 12.8 Å². The monoisotopic (exact) mass is 321 g/mol. The summed E-state index contributed by atoms with van der Waals surface area (Å²) in [6.45, 7) is -0.230. The van der Waals surface area contributed by atoms with Gasteiger partial charge >= 0.3 is 5.97 Å². The summed E-state index contributed by atoms with van der Waals surface area (Å²) in [5.41, 5.74) is -1.49. The summed E-state index contributed by atoms with van der Waals surface area (Å²) in [5.74, 6) is -1.50. The molecule has 0 aliphatic heterocycles. The Kier molecular flexibility index (Phi) is 3.69. The fourth-order valence-corrected chi connectivity index (χ4v) is 3.56. The third kappa shape index (κ3) is 2.50. The van der Waals surface area contributed by atoms with E-state index in [0.717, 1.165) is 12.8 Å². The quantitative estimate of drug-likeness (QED) is 0.874.